The second kappa shape index (κ2) is 8.10. The van der Waals surface area contributed by atoms with Crippen molar-refractivity contribution in [2.45, 2.75) is 13.3 Å². The molecule has 0 aliphatic rings. The number of hydrogen-bond acceptors (Lipinski definition) is 7. The van der Waals surface area contributed by atoms with Crippen molar-refractivity contribution in [3.8, 4) is 17.2 Å². The number of ether oxygens (including phenoxy) is 3. The van der Waals surface area contributed by atoms with Crippen LogP contribution >= 0.6 is 0 Å². The highest BCUT2D eigenvalue weighted by Crippen LogP contribution is 2.47. The highest BCUT2D eigenvalue weighted by Gasteiger charge is 2.23. The number of aromatic nitrogens is 3. The van der Waals surface area contributed by atoms with Crippen LogP contribution in [0.3, 0.4) is 0 Å². The van der Waals surface area contributed by atoms with Crippen LogP contribution in [0.25, 0.3) is 21.9 Å². The highest BCUT2D eigenvalue weighted by atomic mass is 16.5. The summed E-state index contributed by atoms with van der Waals surface area (Å²) in [5.41, 5.74) is 3.45. The molecule has 0 saturated carbocycles. The van der Waals surface area contributed by atoms with Gasteiger partial charge in [0.1, 0.15) is 0 Å². The van der Waals surface area contributed by atoms with Gasteiger partial charge in [-0.25, -0.2) is 4.98 Å². The van der Waals surface area contributed by atoms with Gasteiger partial charge in [0.2, 0.25) is 5.75 Å². The number of benzene rings is 1. The van der Waals surface area contributed by atoms with E-state index in [1.54, 1.807) is 26.0 Å². The minimum absolute atomic E-state index is 0.552. The first kappa shape index (κ1) is 20.0. The van der Waals surface area contributed by atoms with E-state index >= 15 is 0 Å². The number of nitrogens with zero attached hydrogens (tertiary/aromatic N) is 4. The molecule has 152 valence electrons. The second-order valence-corrected chi connectivity index (χ2v) is 7.02. The van der Waals surface area contributed by atoms with Crippen LogP contribution in [0.4, 0.5) is 5.69 Å². The third-order valence-corrected chi connectivity index (χ3v) is 4.81. The lowest BCUT2D eigenvalue weighted by Gasteiger charge is -2.19. The lowest BCUT2D eigenvalue weighted by atomic mass is 10.1. The van der Waals surface area contributed by atoms with Crippen molar-refractivity contribution in [2.75, 3.05) is 53.8 Å². The Bertz CT molecular complexity index is 997. The van der Waals surface area contributed by atoms with E-state index in [2.05, 4.69) is 29.4 Å². The normalized spacial score (nSPS) is 11.4. The maximum Gasteiger partial charge on any atom is 0.204 e. The summed E-state index contributed by atoms with van der Waals surface area (Å²) in [6.45, 7) is 3.81. The fourth-order valence-corrected chi connectivity index (χ4v) is 3.56. The summed E-state index contributed by atoms with van der Waals surface area (Å²) in [7, 11) is 10.9. The maximum absolute atomic E-state index is 5.75. The van der Waals surface area contributed by atoms with Crippen molar-refractivity contribution >= 4 is 27.6 Å². The lowest BCUT2D eigenvalue weighted by Crippen LogP contribution is -2.16. The largest absolute Gasteiger partial charge is 0.493 e. The summed E-state index contributed by atoms with van der Waals surface area (Å²) >= 11 is 0. The molecule has 0 saturated heterocycles. The van der Waals surface area contributed by atoms with Gasteiger partial charge in [-0.3, -0.25) is 4.68 Å². The average molecular weight is 387 g/mol. The second-order valence-electron chi connectivity index (χ2n) is 7.02. The quantitative estimate of drug-likeness (QED) is 0.596. The molecular weight excluding hydrogens is 358 g/mol. The molecule has 3 aromatic rings. The zero-order valence-electron chi connectivity index (χ0n) is 17.7. The molecule has 0 spiro atoms. The van der Waals surface area contributed by atoms with E-state index in [4.69, 9.17) is 19.2 Å². The van der Waals surface area contributed by atoms with Crippen LogP contribution in [0.2, 0.25) is 0 Å². The number of hydrogen-bond donors (Lipinski definition) is 1. The first-order valence-corrected chi connectivity index (χ1v) is 9.27. The first-order chi connectivity index (χ1) is 13.4. The van der Waals surface area contributed by atoms with E-state index in [1.807, 2.05) is 20.0 Å². The first-order valence-electron chi connectivity index (χ1n) is 9.27. The molecule has 3 rings (SSSR count). The third-order valence-electron chi connectivity index (χ3n) is 4.81. The van der Waals surface area contributed by atoms with Crippen LogP contribution in [0.5, 0.6) is 17.2 Å². The fourth-order valence-electron chi connectivity index (χ4n) is 3.56. The molecule has 0 aliphatic carbocycles. The minimum Gasteiger partial charge on any atom is -0.493 e. The van der Waals surface area contributed by atoms with Gasteiger partial charge in [0.25, 0.3) is 0 Å². The van der Waals surface area contributed by atoms with E-state index < -0.39 is 0 Å². The van der Waals surface area contributed by atoms with Gasteiger partial charge in [0, 0.05) is 19.7 Å². The Hall–Kier alpha value is -2.74. The van der Waals surface area contributed by atoms with Gasteiger partial charge in [0.15, 0.2) is 17.1 Å². The average Bonchev–Trinajstić information content (AvgIpc) is 2.96. The van der Waals surface area contributed by atoms with E-state index in [0.717, 1.165) is 52.8 Å². The number of nitrogens with one attached hydrogen (secondary N) is 1. The molecule has 0 amide bonds. The van der Waals surface area contributed by atoms with E-state index in [1.165, 1.54) is 0 Å². The Balaban J connectivity index is 2.29. The zero-order valence-corrected chi connectivity index (χ0v) is 17.7. The summed E-state index contributed by atoms with van der Waals surface area (Å²) in [5, 5.41) is 10.0. The number of aryl methyl sites for hydroxylation is 2. The molecule has 8 nitrogen and oxygen atoms in total. The van der Waals surface area contributed by atoms with Crippen LogP contribution in [0.15, 0.2) is 6.07 Å². The fraction of sp³-hybridized carbons (Fsp3) is 0.500. The predicted molar refractivity (Wildman–Crippen MR) is 112 cm³/mol. The van der Waals surface area contributed by atoms with Crippen molar-refractivity contribution in [1.82, 2.24) is 19.7 Å². The summed E-state index contributed by atoms with van der Waals surface area (Å²) in [4.78, 5) is 7.02. The summed E-state index contributed by atoms with van der Waals surface area (Å²) in [5.74, 6) is 1.73. The SMILES string of the molecule is COc1cc2nc3c(c(C)nn3C)c(NCCCN(C)C)c2c(OC)c1OC. The van der Waals surface area contributed by atoms with E-state index in [-0.39, 0.29) is 0 Å². The molecular formula is C20H29N5O3. The van der Waals surface area contributed by atoms with Crippen LogP contribution in [-0.2, 0) is 7.05 Å². The summed E-state index contributed by atoms with van der Waals surface area (Å²) in [6.07, 6.45) is 1.01. The number of rotatable bonds is 8. The van der Waals surface area contributed by atoms with Crippen LogP contribution in [0.1, 0.15) is 12.1 Å². The topological polar surface area (TPSA) is 73.7 Å². The van der Waals surface area contributed by atoms with E-state index in [0.29, 0.717) is 17.2 Å². The standard InChI is InChI=1S/C20H29N5O3/c1-12-15-17(21-9-8-10-24(2)3)16-13(22-20(15)25(4)23-12)11-14(26-5)18(27-6)19(16)28-7/h11H,8-10H2,1-7H3,(H,21,22). The Morgan fingerprint density at radius 1 is 1.07 bits per heavy atom. The van der Waals surface area contributed by atoms with Crippen molar-refractivity contribution in [3.05, 3.63) is 11.8 Å². The summed E-state index contributed by atoms with van der Waals surface area (Å²) < 4.78 is 18.7. The molecule has 28 heavy (non-hydrogen) atoms. The molecule has 2 aromatic heterocycles. The van der Waals surface area contributed by atoms with Crippen molar-refractivity contribution < 1.29 is 14.2 Å². The Morgan fingerprint density at radius 2 is 1.79 bits per heavy atom. The molecule has 0 unspecified atom stereocenters. The Labute approximate surface area is 165 Å². The summed E-state index contributed by atoms with van der Waals surface area (Å²) in [6, 6.07) is 1.88. The molecule has 0 fully saturated rings. The number of pyridine rings is 1. The monoisotopic (exact) mass is 387 g/mol. The molecule has 1 aromatic carbocycles. The van der Waals surface area contributed by atoms with Crippen LogP contribution in [-0.4, -0.2) is 68.2 Å². The van der Waals surface area contributed by atoms with Crippen molar-refractivity contribution in [3.63, 3.8) is 0 Å². The van der Waals surface area contributed by atoms with E-state index in [9.17, 15) is 0 Å². The molecule has 2 heterocycles. The van der Waals surface area contributed by atoms with Gasteiger partial charge in [-0.05, 0) is 34.0 Å². The van der Waals surface area contributed by atoms with Crippen LogP contribution in [0, 0.1) is 6.92 Å². The number of anilines is 1. The number of methoxy groups -OCH3 is 3. The van der Waals surface area contributed by atoms with Gasteiger partial charge in [-0.1, -0.05) is 0 Å². The van der Waals surface area contributed by atoms with Crippen molar-refractivity contribution in [1.29, 1.82) is 0 Å². The highest BCUT2D eigenvalue weighted by molar-refractivity contribution is 6.11. The van der Waals surface area contributed by atoms with Gasteiger partial charge in [-0.2, -0.15) is 5.10 Å². The lowest BCUT2D eigenvalue weighted by molar-refractivity contribution is 0.327. The zero-order chi connectivity index (χ0) is 20.4. The molecule has 0 radical (unpaired) electrons. The molecule has 0 atom stereocenters. The molecule has 8 heteroatoms. The predicted octanol–water partition coefficient (Wildman–Crippen LogP) is 2.82. The molecule has 0 bridgehead atoms. The maximum atomic E-state index is 5.75. The van der Waals surface area contributed by atoms with Crippen molar-refractivity contribution in [2.24, 2.45) is 7.05 Å². The Morgan fingerprint density at radius 3 is 2.39 bits per heavy atom. The van der Waals surface area contributed by atoms with Gasteiger partial charge >= 0.3 is 0 Å². The Kier molecular flexibility index (Phi) is 5.79. The molecule has 1 N–H and O–H groups in total. The van der Waals surface area contributed by atoms with Crippen LogP contribution < -0.4 is 19.5 Å². The molecule has 0 aliphatic heterocycles. The van der Waals surface area contributed by atoms with Gasteiger partial charge < -0.3 is 24.4 Å². The smallest absolute Gasteiger partial charge is 0.204 e. The van der Waals surface area contributed by atoms with Gasteiger partial charge in [0.05, 0.1) is 49.0 Å². The minimum atomic E-state index is 0.552. The van der Waals surface area contributed by atoms with Gasteiger partial charge in [-0.15, -0.1) is 0 Å². The number of fused-ring (bicyclic) bond motifs is 2. The third kappa shape index (κ3) is 3.40.